The van der Waals surface area contributed by atoms with E-state index in [2.05, 4.69) is 0 Å². The van der Waals surface area contributed by atoms with E-state index in [4.69, 9.17) is 21.1 Å². The van der Waals surface area contributed by atoms with Crippen LogP contribution in [0.1, 0.15) is 5.56 Å². The minimum absolute atomic E-state index is 0.317. The third-order valence-electron chi connectivity index (χ3n) is 2.12. The molecule has 0 amide bonds. The van der Waals surface area contributed by atoms with E-state index in [1.807, 2.05) is 0 Å². The van der Waals surface area contributed by atoms with E-state index >= 15 is 0 Å². The van der Waals surface area contributed by atoms with Gasteiger partial charge in [0.2, 0.25) is 0 Å². The number of nitro groups is 3. The van der Waals surface area contributed by atoms with Crippen molar-refractivity contribution in [3.8, 4) is 0 Å². The average Bonchev–Trinajstić information content (AvgIpc) is 2.26. The summed E-state index contributed by atoms with van der Waals surface area (Å²) in [7, 11) is 0. The first kappa shape index (κ1) is 17.4. The molecule has 21 heavy (non-hydrogen) atoms. The van der Waals surface area contributed by atoms with Crippen molar-refractivity contribution in [2.24, 2.45) is 0 Å². The first-order valence-corrected chi connectivity index (χ1v) is 4.70. The molecule has 0 heterocycles. The fraction of sp³-hybridized carbons (Fsp3) is 0.143. The van der Waals surface area contributed by atoms with E-state index in [0.29, 0.717) is 6.07 Å². The lowest BCUT2D eigenvalue weighted by Gasteiger charge is -2.03. The molecule has 1 rings (SSSR count). The van der Waals surface area contributed by atoms with Gasteiger partial charge in [0.1, 0.15) is 5.56 Å². The number of nitrogen functional groups attached to an aromatic ring is 1. The molecule has 0 unspecified atom stereocenters. The molecule has 0 saturated heterocycles. The Morgan fingerprint density at radius 3 is 1.62 bits per heavy atom. The molecule has 114 valence electrons. The molecule has 0 radical (unpaired) electrons. The van der Waals surface area contributed by atoms with E-state index in [0.717, 1.165) is 6.92 Å². The fourth-order valence-electron chi connectivity index (χ4n) is 1.34. The maximum absolute atomic E-state index is 10.7. The van der Waals surface area contributed by atoms with Gasteiger partial charge in [-0.3, -0.25) is 30.3 Å². The van der Waals surface area contributed by atoms with Gasteiger partial charge in [-0.2, -0.15) is 0 Å². The van der Waals surface area contributed by atoms with Crippen LogP contribution in [-0.2, 0) is 0 Å². The van der Waals surface area contributed by atoms with Crippen molar-refractivity contribution in [3.05, 3.63) is 52.1 Å². The highest BCUT2D eigenvalue weighted by Crippen LogP contribution is 2.39. The molecule has 0 spiro atoms. The number of nitrogens with two attached hydrogens (primary N) is 1. The summed E-state index contributed by atoms with van der Waals surface area (Å²) in [6.07, 6.45) is 0. The summed E-state index contributed by atoms with van der Waals surface area (Å²) in [4.78, 5) is 37.3. The second-order valence-corrected chi connectivity index (χ2v) is 3.31. The van der Waals surface area contributed by atoms with E-state index in [9.17, 15) is 30.3 Å². The zero-order valence-corrected chi connectivity index (χ0v) is 10.2. The summed E-state index contributed by atoms with van der Waals surface area (Å²) in [6.45, 7) is 1.11. The molecule has 1 aromatic carbocycles. The maximum Gasteiger partial charge on any atom is 0.308 e. The lowest BCUT2D eigenvalue weighted by Crippen LogP contribution is -2.05. The first-order chi connectivity index (χ1) is 9.50. The quantitative estimate of drug-likeness (QED) is 0.457. The van der Waals surface area contributed by atoms with Gasteiger partial charge in [0.15, 0.2) is 5.69 Å². The Labute approximate surface area is 114 Å². The van der Waals surface area contributed by atoms with Gasteiger partial charge in [-0.15, -0.1) is 10.1 Å². The summed E-state index contributed by atoms with van der Waals surface area (Å²) < 4.78 is 0. The van der Waals surface area contributed by atoms with Crippen molar-refractivity contribution >= 4 is 22.7 Å². The van der Waals surface area contributed by atoms with Gasteiger partial charge in [-0.05, 0) is 6.92 Å². The normalized spacial score (nSPS) is 9.19. The molecular weight excluding hydrogens is 298 g/mol. The van der Waals surface area contributed by atoms with Gasteiger partial charge >= 0.3 is 11.4 Å². The molecule has 14 nitrogen and oxygen atoms in total. The van der Waals surface area contributed by atoms with Gasteiger partial charge in [0.05, 0.1) is 20.8 Å². The van der Waals surface area contributed by atoms with Crippen LogP contribution in [0, 0.1) is 47.4 Å². The Morgan fingerprint density at radius 1 is 0.952 bits per heavy atom. The van der Waals surface area contributed by atoms with Crippen LogP contribution in [0.4, 0.5) is 22.7 Å². The Hall–Kier alpha value is -3.58. The third kappa shape index (κ3) is 4.23. The van der Waals surface area contributed by atoms with Crippen LogP contribution in [0.5, 0.6) is 0 Å². The minimum Gasteiger partial charge on any atom is -0.387 e. The van der Waals surface area contributed by atoms with E-state index < -0.39 is 42.6 Å². The average molecular weight is 305 g/mol. The third-order valence-corrected chi connectivity index (χ3v) is 2.12. The fourth-order valence-corrected chi connectivity index (χ4v) is 1.34. The molecule has 14 heteroatoms. The number of nitrogens with zero attached hydrogens (tertiary/aromatic N) is 4. The molecule has 1 aromatic rings. The van der Waals surface area contributed by atoms with Crippen molar-refractivity contribution in [1.29, 1.82) is 0 Å². The molecule has 0 saturated carbocycles. The monoisotopic (exact) mass is 305 g/mol. The van der Waals surface area contributed by atoms with Gasteiger partial charge in [-0.25, -0.2) is 0 Å². The van der Waals surface area contributed by atoms with Crippen LogP contribution in [0.15, 0.2) is 6.07 Å². The number of anilines is 1. The van der Waals surface area contributed by atoms with Gasteiger partial charge in [-0.1, -0.05) is 0 Å². The smallest absolute Gasteiger partial charge is 0.308 e. The van der Waals surface area contributed by atoms with Crippen molar-refractivity contribution in [2.45, 2.75) is 6.92 Å². The SMILES string of the molecule is Cc1c([N+](=O)[O-])cc([N+](=O)[O-])c(N)c1[N+](=O)[O-].O=[N+]([O-])O. The van der Waals surface area contributed by atoms with Crippen LogP contribution in [0.25, 0.3) is 0 Å². The van der Waals surface area contributed by atoms with Crippen LogP contribution < -0.4 is 5.73 Å². The topological polar surface area (TPSA) is 219 Å². The summed E-state index contributed by atoms with van der Waals surface area (Å²) >= 11 is 0. The van der Waals surface area contributed by atoms with Gasteiger partial charge in [0, 0.05) is 0 Å². The van der Waals surface area contributed by atoms with Gasteiger partial charge < -0.3 is 10.9 Å². The first-order valence-electron chi connectivity index (χ1n) is 4.70. The molecule has 0 fully saturated rings. The molecule has 0 bridgehead atoms. The maximum atomic E-state index is 10.7. The van der Waals surface area contributed by atoms with Crippen LogP contribution in [0.2, 0.25) is 0 Å². The number of benzene rings is 1. The molecule has 0 atom stereocenters. The predicted octanol–water partition coefficient (Wildman–Crippen LogP) is 0.954. The Bertz CT molecular complexity index is 585. The van der Waals surface area contributed by atoms with Crippen LogP contribution >= 0.6 is 0 Å². The lowest BCUT2D eigenvalue weighted by molar-refractivity contribution is -0.742. The molecule has 0 aliphatic heterocycles. The predicted molar refractivity (Wildman–Crippen MR) is 64.3 cm³/mol. The molecular formula is C7H7N5O9. The number of rotatable bonds is 3. The van der Waals surface area contributed by atoms with Crippen molar-refractivity contribution in [3.63, 3.8) is 0 Å². The van der Waals surface area contributed by atoms with Gasteiger partial charge in [0.25, 0.3) is 10.8 Å². The van der Waals surface area contributed by atoms with E-state index in [1.165, 1.54) is 0 Å². The van der Waals surface area contributed by atoms with Crippen LogP contribution in [-0.4, -0.2) is 25.1 Å². The van der Waals surface area contributed by atoms with Crippen LogP contribution in [0.3, 0.4) is 0 Å². The highest BCUT2D eigenvalue weighted by Gasteiger charge is 2.32. The van der Waals surface area contributed by atoms with E-state index in [-0.39, 0.29) is 5.56 Å². The number of nitro benzene ring substituents is 3. The zero-order valence-electron chi connectivity index (χ0n) is 10.2. The summed E-state index contributed by atoms with van der Waals surface area (Å²) in [5, 5.41) is 45.5. The number of hydrogen-bond acceptors (Lipinski definition) is 9. The highest BCUT2D eigenvalue weighted by atomic mass is 16.9. The molecule has 0 aliphatic rings. The highest BCUT2D eigenvalue weighted by molar-refractivity contribution is 5.78. The number of hydrogen-bond donors (Lipinski definition) is 2. The van der Waals surface area contributed by atoms with E-state index in [1.54, 1.807) is 0 Å². The van der Waals surface area contributed by atoms with Crippen molar-refractivity contribution < 1.29 is 25.1 Å². The summed E-state index contributed by atoms with van der Waals surface area (Å²) in [5.41, 5.74) is 1.86. The molecule has 3 N–H and O–H groups in total. The Morgan fingerprint density at radius 2 is 1.33 bits per heavy atom. The summed E-state index contributed by atoms with van der Waals surface area (Å²) in [5.74, 6) is 0. The largest absolute Gasteiger partial charge is 0.387 e. The molecule has 0 aromatic heterocycles. The van der Waals surface area contributed by atoms with Crippen molar-refractivity contribution in [2.75, 3.05) is 5.73 Å². The molecule has 0 aliphatic carbocycles. The lowest BCUT2D eigenvalue weighted by atomic mass is 10.1. The second kappa shape index (κ2) is 6.55. The zero-order chi connectivity index (χ0) is 16.9. The Kier molecular flexibility index (Phi) is 5.43. The standard InChI is InChI=1S/C7H6N4O6.HNO3/c1-3-4(9(12)13)2-5(10(14)15)6(8)7(3)11(16)17;2-1(3)4/h2H,8H2,1H3;(H,2,3,4). The summed E-state index contributed by atoms with van der Waals surface area (Å²) in [6, 6.07) is 0.609. The second-order valence-electron chi connectivity index (χ2n) is 3.31. The van der Waals surface area contributed by atoms with Crippen molar-refractivity contribution in [1.82, 2.24) is 0 Å². The Balaban J connectivity index is 0.000000885. The minimum atomic E-state index is -1.50.